The van der Waals surface area contributed by atoms with E-state index in [0.29, 0.717) is 19.6 Å². The highest BCUT2D eigenvalue weighted by atomic mass is 16.5. The average Bonchev–Trinajstić information content (AvgIpc) is 2.60. The molecular weight excluding hydrogens is 302 g/mol. The van der Waals surface area contributed by atoms with Crippen molar-refractivity contribution >= 4 is 17.3 Å². The van der Waals surface area contributed by atoms with Crippen molar-refractivity contribution in [3.63, 3.8) is 0 Å². The molecule has 0 aromatic heterocycles. The number of benzene rings is 1. The molecule has 2 fully saturated rings. The molecule has 24 heavy (non-hydrogen) atoms. The molecule has 0 saturated carbocycles. The van der Waals surface area contributed by atoms with Gasteiger partial charge < -0.3 is 19.9 Å². The summed E-state index contributed by atoms with van der Waals surface area (Å²) in [5.41, 5.74) is 2.27. The molecule has 132 valence electrons. The molecule has 3 rings (SSSR count). The standard InChI is InChI=1S/C19H29N3O2/c1-15-13-22(14-16(2)24-15)19(23)12-20-17-8-4-5-9-18(17)21-10-6-3-7-11-21/h4-5,8-9,15-16,20H,3,6-7,10-14H2,1-2H3. The highest BCUT2D eigenvalue weighted by Crippen LogP contribution is 2.28. The van der Waals surface area contributed by atoms with E-state index < -0.39 is 0 Å². The summed E-state index contributed by atoms with van der Waals surface area (Å²) in [4.78, 5) is 16.9. The van der Waals surface area contributed by atoms with E-state index in [9.17, 15) is 4.79 Å². The van der Waals surface area contributed by atoms with Crippen molar-refractivity contribution in [2.75, 3.05) is 42.9 Å². The fraction of sp³-hybridized carbons (Fsp3) is 0.632. The second kappa shape index (κ2) is 7.88. The van der Waals surface area contributed by atoms with Gasteiger partial charge in [-0.05, 0) is 45.2 Å². The van der Waals surface area contributed by atoms with Gasteiger partial charge in [-0.2, -0.15) is 0 Å². The summed E-state index contributed by atoms with van der Waals surface area (Å²) < 4.78 is 5.71. The second-order valence-electron chi connectivity index (χ2n) is 6.97. The van der Waals surface area contributed by atoms with E-state index in [1.54, 1.807) is 0 Å². The first-order valence-corrected chi connectivity index (χ1v) is 9.14. The first-order valence-electron chi connectivity index (χ1n) is 9.14. The van der Waals surface area contributed by atoms with Gasteiger partial charge in [0, 0.05) is 26.2 Å². The van der Waals surface area contributed by atoms with Crippen LogP contribution in [-0.2, 0) is 9.53 Å². The predicted octanol–water partition coefficient (Wildman–Crippen LogP) is 2.72. The third-order valence-corrected chi connectivity index (χ3v) is 4.80. The topological polar surface area (TPSA) is 44.8 Å². The number of morpholine rings is 1. The van der Waals surface area contributed by atoms with Crippen LogP contribution in [0.3, 0.4) is 0 Å². The van der Waals surface area contributed by atoms with Gasteiger partial charge in [-0.1, -0.05) is 12.1 Å². The number of amides is 1. The number of anilines is 2. The molecule has 1 amide bonds. The van der Waals surface area contributed by atoms with Crippen molar-refractivity contribution in [3.05, 3.63) is 24.3 Å². The summed E-state index contributed by atoms with van der Waals surface area (Å²) in [5.74, 6) is 0.144. The number of para-hydroxylation sites is 2. The Morgan fingerprint density at radius 2 is 1.79 bits per heavy atom. The van der Waals surface area contributed by atoms with Gasteiger partial charge in [0.2, 0.25) is 5.91 Å². The lowest BCUT2D eigenvalue weighted by Gasteiger charge is -2.35. The molecule has 1 aromatic carbocycles. The number of hydrogen-bond donors (Lipinski definition) is 1. The Balaban J connectivity index is 1.61. The molecule has 2 atom stereocenters. The predicted molar refractivity (Wildman–Crippen MR) is 97.6 cm³/mol. The van der Waals surface area contributed by atoms with Gasteiger partial charge in [-0.15, -0.1) is 0 Å². The van der Waals surface area contributed by atoms with E-state index in [0.717, 1.165) is 18.8 Å². The number of ether oxygens (including phenoxy) is 1. The summed E-state index contributed by atoms with van der Waals surface area (Å²) in [6.07, 6.45) is 4.03. The Morgan fingerprint density at radius 1 is 1.12 bits per heavy atom. The van der Waals surface area contributed by atoms with Crippen LogP contribution in [0.5, 0.6) is 0 Å². The Morgan fingerprint density at radius 3 is 2.50 bits per heavy atom. The van der Waals surface area contributed by atoms with Gasteiger partial charge in [0.1, 0.15) is 0 Å². The molecule has 5 heteroatoms. The Labute approximate surface area is 145 Å². The molecule has 2 heterocycles. The summed E-state index contributed by atoms with van der Waals surface area (Å²) in [6, 6.07) is 8.32. The zero-order chi connectivity index (χ0) is 16.9. The zero-order valence-corrected chi connectivity index (χ0v) is 14.8. The highest BCUT2D eigenvalue weighted by molar-refractivity contribution is 5.83. The molecule has 0 radical (unpaired) electrons. The van der Waals surface area contributed by atoms with Gasteiger partial charge in [0.05, 0.1) is 30.1 Å². The van der Waals surface area contributed by atoms with Crippen molar-refractivity contribution in [3.8, 4) is 0 Å². The van der Waals surface area contributed by atoms with E-state index in [1.165, 1.54) is 24.9 Å². The third-order valence-electron chi connectivity index (χ3n) is 4.80. The minimum Gasteiger partial charge on any atom is -0.374 e. The third kappa shape index (κ3) is 4.20. The highest BCUT2D eigenvalue weighted by Gasteiger charge is 2.25. The van der Waals surface area contributed by atoms with E-state index >= 15 is 0 Å². The fourth-order valence-corrected chi connectivity index (χ4v) is 3.70. The summed E-state index contributed by atoms with van der Waals surface area (Å²) in [7, 11) is 0. The summed E-state index contributed by atoms with van der Waals surface area (Å²) in [5, 5.41) is 3.36. The van der Waals surface area contributed by atoms with Crippen LogP contribution in [-0.4, -0.2) is 55.7 Å². The molecule has 2 aliphatic rings. The van der Waals surface area contributed by atoms with Crippen molar-refractivity contribution in [1.82, 2.24) is 4.90 Å². The molecule has 2 aliphatic heterocycles. The summed E-state index contributed by atoms with van der Waals surface area (Å²) >= 11 is 0. The average molecular weight is 331 g/mol. The Bertz CT molecular complexity index is 547. The molecule has 0 spiro atoms. The minimum atomic E-state index is 0.110. The second-order valence-corrected chi connectivity index (χ2v) is 6.97. The van der Waals surface area contributed by atoms with Crippen LogP contribution >= 0.6 is 0 Å². The summed E-state index contributed by atoms with van der Waals surface area (Å²) in [6.45, 7) is 7.95. The van der Waals surface area contributed by atoms with Crippen molar-refractivity contribution in [2.24, 2.45) is 0 Å². The molecule has 1 aromatic rings. The van der Waals surface area contributed by atoms with Crippen LogP contribution in [0, 0.1) is 0 Å². The molecule has 0 bridgehead atoms. The fourth-order valence-electron chi connectivity index (χ4n) is 3.70. The molecule has 0 aliphatic carbocycles. The number of carbonyl (C=O) groups excluding carboxylic acids is 1. The quantitative estimate of drug-likeness (QED) is 0.921. The van der Waals surface area contributed by atoms with Crippen LogP contribution in [0.4, 0.5) is 11.4 Å². The number of nitrogens with zero attached hydrogens (tertiary/aromatic N) is 2. The molecule has 2 unspecified atom stereocenters. The maximum Gasteiger partial charge on any atom is 0.242 e. The minimum absolute atomic E-state index is 0.110. The van der Waals surface area contributed by atoms with Crippen LogP contribution in [0.15, 0.2) is 24.3 Å². The first kappa shape index (κ1) is 17.1. The maximum atomic E-state index is 12.5. The van der Waals surface area contributed by atoms with Crippen molar-refractivity contribution in [1.29, 1.82) is 0 Å². The van der Waals surface area contributed by atoms with E-state index in [2.05, 4.69) is 28.4 Å². The molecule has 2 saturated heterocycles. The first-order chi connectivity index (χ1) is 11.6. The van der Waals surface area contributed by atoms with Gasteiger partial charge in [-0.25, -0.2) is 0 Å². The van der Waals surface area contributed by atoms with E-state index in [-0.39, 0.29) is 18.1 Å². The number of rotatable bonds is 4. The van der Waals surface area contributed by atoms with Gasteiger partial charge in [-0.3, -0.25) is 4.79 Å². The van der Waals surface area contributed by atoms with E-state index in [1.807, 2.05) is 24.8 Å². The van der Waals surface area contributed by atoms with Gasteiger partial charge >= 0.3 is 0 Å². The molecule has 1 N–H and O–H groups in total. The number of piperidine rings is 1. The van der Waals surface area contributed by atoms with E-state index in [4.69, 9.17) is 4.74 Å². The van der Waals surface area contributed by atoms with Crippen LogP contribution < -0.4 is 10.2 Å². The normalized spacial score (nSPS) is 24.8. The van der Waals surface area contributed by atoms with Crippen molar-refractivity contribution < 1.29 is 9.53 Å². The van der Waals surface area contributed by atoms with Crippen LogP contribution in [0.1, 0.15) is 33.1 Å². The number of nitrogens with one attached hydrogen (secondary N) is 1. The lowest BCUT2D eigenvalue weighted by Crippen LogP contribution is -2.49. The van der Waals surface area contributed by atoms with Crippen molar-refractivity contribution in [2.45, 2.75) is 45.3 Å². The number of hydrogen-bond acceptors (Lipinski definition) is 4. The van der Waals surface area contributed by atoms with Gasteiger partial charge in [0.15, 0.2) is 0 Å². The Hall–Kier alpha value is -1.75. The molecular formula is C19H29N3O2. The number of carbonyl (C=O) groups is 1. The maximum absolute atomic E-state index is 12.5. The smallest absolute Gasteiger partial charge is 0.242 e. The van der Waals surface area contributed by atoms with Gasteiger partial charge in [0.25, 0.3) is 0 Å². The monoisotopic (exact) mass is 331 g/mol. The largest absolute Gasteiger partial charge is 0.374 e. The lowest BCUT2D eigenvalue weighted by molar-refractivity contribution is -0.141. The van der Waals surface area contributed by atoms with Crippen LogP contribution in [0.25, 0.3) is 0 Å². The zero-order valence-electron chi connectivity index (χ0n) is 14.8. The van der Waals surface area contributed by atoms with Crippen LogP contribution in [0.2, 0.25) is 0 Å². The molecule has 5 nitrogen and oxygen atoms in total. The SMILES string of the molecule is CC1CN(C(=O)CNc2ccccc2N2CCCCC2)CC(C)O1. The Kier molecular flexibility index (Phi) is 5.61. The lowest BCUT2D eigenvalue weighted by atomic mass is 10.1.